The van der Waals surface area contributed by atoms with Gasteiger partial charge in [-0.05, 0) is 0 Å². The second-order valence-electron chi connectivity index (χ2n) is 4.84. The number of nitriles is 1. The predicted molar refractivity (Wildman–Crippen MR) is 75.1 cm³/mol. The number of fused-ring (bicyclic) bond motifs is 1. The third kappa shape index (κ3) is 3.14. The Morgan fingerprint density at radius 3 is 2.82 bits per heavy atom. The van der Waals surface area contributed by atoms with Crippen molar-refractivity contribution >= 4 is 23.2 Å². The van der Waals surface area contributed by atoms with E-state index in [1.807, 2.05) is 6.07 Å². The van der Waals surface area contributed by atoms with E-state index in [9.17, 15) is 18.4 Å². The fourth-order valence-corrected chi connectivity index (χ4v) is 2.07. The fraction of sp³-hybridized carbons (Fsp3) is 0.357. The zero-order chi connectivity index (χ0) is 16.3. The highest BCUT2D eigenvalue weighted by Gasteiger charge is 2.28. The monoisotopic (exact) mass is 308 g/mol. The van der Waals surface area contributed by atoms with Gasteiger partial charge in [0.1, 0.15) is 6.54 Å². The van der Waals surface area contributed by atoms with Crippen LogP contribution in [0.1, 0.15) is 6.42 Å². The Morgan fingerprint density at radius 1 is 1.45 bits per heavy atom. The molecule has 8 heteroatoms. The highest BCUT2D eigenvalue weighted by molar-refractivity contribution is 6.05. The molecule has 116 valence electrons. The number of carbonyl (C=O) groups excluding carboxylic acids is 2. The lowest BCUT2D eigenvalue weighted by Crippen LogP contribution is -2.46. The first-order valence-electron chi connectivity index (χ1n) is 6.58. The maximum atomic E-state index is 13.4. The topological polar surface area (TPSA) is 76.4 Å². The van der Waals surface area contributed by atoms with Crippen LogP contribution in [0.3, 0.4) is 0 Å². The maximum absolute atomic E-state index is 13.4. The molecule has 1 aromatic rings. The van der Waals surface area contributed by atoms with Gasteiger partial charge in [0, 0.05) is 25.7 Å². The standard InChI is InChI=1S/C14H14F2N4O2/c1-19(4-2-3-17)14(22)8-20-12-6-10(16)9(15)5-11(12)18-7-13(20)21/h5-6,18H,2,4,7-8H2,1H3. The largest absolute Gasteiger partial charge is 0.374 e. The molecule has 2 amide bonds. The average Bonchev–Trinajstić information content (AvgIpc) is 2.49. The van der Waals surface area contributed by atoms with Crippen LogP contribution in [-0.4, -0.2) is 43.4 Å². The van der Waals surface area contributed by atoms with Crippen molar-refractivity contribution in [2.24, 2.45) is 0 Å². The number of benzene rings is 1. The second kappa shape index (κ2) is 6.39. The summed E-state index contributed by atoms with van der Waals surface area (Å²) in [7, 11) is 1.51. The smallest absolute Gasteiger partial charge is 0.246 e. The van der Waals surface area contributed by atoms with Crippen molar-refractivity contribution in [1.82, 2.24) is 4.90 Å². The molecule has 0 unspecified atom stereocenters. The van der Waals surface area contributed by atoms with E-state index < -0.39 is 17.5 Å². The quantitative estimate of drug-likeness (QED) is 0.903. The SMILES string of the molecule is CN(CCC#N)C(=O)CN1C(=O)CNc2cc(F)c(F)cc21. The van der Waals surface area contributed by atoms with Crippen molar-refractivity contribution in [2.45, 2.75) is 6.42 Å². The number of nitrogens with one attached hydrogen (secondary N) is 1. The highest BCUT2D eigenvalue weighted by atomic mass is 19.2. The average molecular weight is 308 g/mol. The van der Waals surface area contributed by atoms with E-state index in [1.54, 1.807) is 0 Å². The molecule has 0 saturated heterocycles. The molecule has 0 bridgehead atoms. The zero-order valence-corrected chi connectivity index (χ0v) is 11.9. The summed E-state index contributed by atoms with van der Waals surface area (Å²) in [6, 6.07) is 3.76. The Labute approximate surface area is 125 Å². The fourth-order valence-electron chi connectivity index (χ4n) is 2.07. The van der Waals surface area contributed by atoms with E-state index in [0.29, 0.717) is 0 Å². The third-order valence-electron chi connectivity index (χ3n) is 3.34. The molecular weight excluding hydrogens is 294 g/mol. The van der Waals surface area contributed by atoms with Crippen LogP contribution in [0.15, 0.2) is 12.1 Å². The number of hydrogen-bond donors (Lipinski definition) is 1. The number of halogens is 2. The summed E-state index contributed by atoms with van der Waals surface area (Å²) in [5.41, 5.74) is 0.378. The summed E-state index contributed by atoms with van der Waals surface area (Å²) in [6.07, 6.45) is 0.175. The van der Waals surface area contributed by atoms with Gasteiger partial charge in [-0.3, -0.25) is 14.5 Å². The van der Waals surface area contributed by atoms with E-state index in [0.717, 1.165) is 17.0 Å². The van der Waals surface area contributed by atoms with Crippen molar-refractivity contribution in [3.05, 3.63) is 23.8 Å². The highest BCUT2D eigenvalue weighted by Crippen LogP contribution is 2.31. The summed E-state index contributed by atoms with van der Waals surface area (Å²) in [5, 5.41) is 11.2. The van der Waals surface area contributed by atoms with Gasteiger partial charge in [0.2, 0.25) is 11.8 Å². The lowest BCUT2D eigenvalue weighted by Gasteiger charge is -2.31. The first-order chi connectivity index (χ1) is 10.4. The van der Waals surface area contributed by atoms with E-state index in [2.05, 4.69) is 5.32 Å². The van der Waals surface area contributed by atoms with Gasteiger partial charge in [-0.1, -0.05) is 0 Å². The molecule has 1 aliphatic heterocycles. The maximum Gasteiger partial charge on any atom is 0.246 e. The number of nitrogens with zero attached hydrogens (tertiary/aromatic N) is 3. The molecule has 22 heavy (non-hydrogen) atoms. The molecule has 1 N–H and O–H groups in total. The van der Waals surface area contributed by atoms with Crippen LogP contribution >= 0.6 is 0 Å². The van der Waals surface area contributed by atoms with Crippen LogP contribution in [-0.2, 0) is 9.59 Å². The number of anilines is 2. The van der Waals surface area contributed by atoms with Crippen LogP contribution in [0.2, 0.25) is 0 Å². The van der Waals surface area contributed by atoms with Crippen molar-refractivity contribution in [3.8, 4) is 6.07 Å². The Balaban J connectivity index is 2.21. The number of likely N-dealkylation sites (N-methyl/N-ethyl adjacent to an activating group) is 1. The molecular formula is C14H14F2N4O2. The Hall–Kier alpha value is -2.69. The number of hydrogen-bond acceptors (Lipinski definition) is 4. The molecule has 0 radical (unpaired) electrons. The summed E-state index contributed by atoms with van der Waals surface area (Å²) in [6.45, 7) is -0.159. The van der Waals surface area contributed by atoms with Crippen LogP contribution < -0.4 is 10.2 Å². The van der Waals surface area contributed by atoms with Crippen molar-refractivity contribution in [1.29, 1.82) is 5.26 Å². The molecule has 0 aliphatic carbocycles. The first-order valence-corrected chi connectivity index (χ1v) is 6.58. The molecule has 1 aromatic carbocycles. The molecule has 6 nitrogen and oxygen atoms in total. The summed E-state index contributed by atoms with van der Waals surface area (Å²) in [4.78, 5) is 26.4. The first kappa shape index (κ1) is 15.7. The van der Waals surface area contributed by atoms with Gasteiger partial charge in [0.05, 0.1) is 30.4 Å². The third-order valence-corrected chi connectivity index (χ3v) is 3.34. The minimum atomic E-state index is -1.09. The van der Waals surface area contributed by atoms with Crippen molar-refractivity contribution < 1.29 is 18.4 Å². The van der Waals surface area contributed by atoms with Crippen LogP contribution in [0, 0.1) is 23.0 Å². The second-order valence-corrected chi connectivity index (χ2v) is 4.84. The minimum absolute atomic E-state index is 0.104. The molecule has 1 aliphatic rings. The van der Waals surface area contributed by atoms with Gasteiger partial charge in [-0.15, -0.1) is 0 Å². The van der Waals surface area contributed by atoms with E-state index in [4.69, 9.17) is 5.26 Å². The molecule has 1 heterocycles. The molecule has 2 rings (SSSR count). The Morgan fingerprint density at radius 2 is 2.14 bits per heavy atom. The van der Waals surface area contributed by atoms with Crippen molar-refractivity contribution in [3.63, 3.8) is 0 Å². The molecule has 0 aromatic heterocycles. The van der Waals surface area contributed by atoms with Gasteiger partial charge in [-0.2, -0.15) is 5.26 Å². The lowest BCUT2D eigenvalue weighted by molar-refractivity contribution is -0.130. The predicted octanol–water partition coefficient (Wildman–Crippen LogP) is 1.10. The summed E-state index contributed by atoms with van der Waals surface area (Å²) >= 11 is 0. The van der Waals surface area contributed by atoms with E-state index in [-0.39, 0.29) is 43.3 Å². The molecule has 0 spiro atoms. The van der Waals surface area contributed by atoms with E-state index >= 15 is 0 Å². The lowest BCUT2D eigenvalue weighted by atomic mass is 10.1. The summed E-state index contributed by atoms with van der Waals surface area (Å²) in [5.74, 6) is -2.93. The molecule has 0 fully saturated rings. The van der Waals surface area contributed by atoms with E-state index in [1.165, 1.54) is 11.9 Å². The minimum Gasteiger partial charge on any atom is -0.374 e. The molecule has 0 atom stereocenters. The van der Waals surface area contributed by atoms with Gasteiger partial charge in [0.15, 0.2) is 11.6 Å². The molecule has 0 saturated carbocycles. The number of carbonyl (C=O) groups is 2. The Bertz CT molecular complexity index is 657. The van der Waals surface area contributed by atoms with Gasteiger partial charge in [-0.25, -0.2) is 8.78 Å². The number of rotatable bonds is 4. The Kier molecular flexibility index (Phi) is 4.56. The van der Waals surface area contributed by atoms with Gasteiger partial charge >= 0.3 is 0 Å². The normalized spacial score (nSPS) is 13.2. The van der Waals surface area contributed by atoms with Crippen molar-refractivity contribution in [2.75, 3.05) is 36.9 Å². The zero-order valence-electron chi connectivity index (χ0n) is 11.9. The van der Waals surface area contributed by atoms with Gasteiger partial charge < -0.3 is 10.2 Å². The van der Waals surface area contributed by atoms with Crippen LogP contribution in [0.4, 0.5) is 20.2 Å². The number of amides is 2. The van der Waals surface area contributed by atoms with Gasteiger partial charge in [0.25, 0.3) is 0 Å². The van der Waals surface area contributed by atoms with Crippen LogP contribution in [0.25, 0.3) is 0 Å². The summed E-state index contributed by atoms with van der Waals surface area (Å²) < 4.78 is 26.6. The van der Waals surface area contributed by atoms with Crippen LogP contribution in [0.5, 0.6) is 0 Å².